The standard InChI is InChI=1S/C53H103NO8/c1-3-5-7-9-11-13-15-17-19-20-21-22-23-24-25-26-27-28-29-31-33-35-37-39-41-43-49(57)54-46(45-61-53-52(60)51(59)50(58)48(44-55)62-53)47(56)42-40-38-36-34-32-30-18-16-14-12-10-8-6-4-2/h40,42,46-48,50-53,55-56,58-60H,3-39,41,43-45H2,1-2H3,(H,54,57)/b42-40+/t46-,47+,48+,50+,51?,52?,53+/m0/s1. The summed E-state index contributed by atoms with van der Waals surface area (Å²) < 4.78 is 11.2. The molecule has 0 aromatic rings. The monoisotopic (exact) mass is 882 g/mol. The molecule has 0 spiro atoms. The molecule has 9 heteroatoms. The van der Waals surface area contributed by atoms with Crippen LogP contribution in [-0.2, 0) is 14.3 Å². The first-order valence-electron chi connectivity index (χ1n) is 26.9. The van der Waals surface area contributed by atoms with Crippen molar-refractivity contribution in [2.45, 2.75) is 307 Å². The minimum absolute atomic E-state index is 0.171. The van der Waals surface area contributed by atoms with Gasteiger partial charge in [0.1, 0.15) is 24.4 Å². The van der Waals surface area contributed by atoms with E-state index in [0.717, 1.165) is 38.5 Å². The Kier molecular flexibility index (Phi) is 41.6. The van der Waals surface area contributed by atoms with E-state index in [1.54, 1.807) is 6.08 Å². The molecule has 0 aromatic heterocycles. The van der Waals surface area contributed by atoms with E-state index in [4.69, 9.17) is 9.47 Å². The van der Waals surface area contributed by atoms with Crippen molar-refractivity contribution in [1.82, 2.24) is 5.32 Å². The molecule has 0 saturated carbocycles. The molecule has 1 aliphatic heterocycles. The molecule has 6 N–H and O–H groups in total. The number of aliphatic hydroxyl groups excluding tert-OH is 5. The van der Waals surface area contributed by atoms with E-state index in [0.29, 0.717) is 6.42 Å². The highest BCUT2D eigenvalue weighted by molar-refractivity contribution is 5.76. The first kappa shape index (κ1) is 58.9. The van der Waals surface area contributed by atoms with E-state index in [-0.39, 0.29) is 12.5 Å². The first-order chi connectivity index (χ1) is 30.3. The zero-order valence-corrected chi connectivity index (χ0v) is 40.6. The lowest BCUT2D eigenvalue weighted by Gasteiger charge is -2.40. The fourth-order valence-electron chi connectivity index (χ4n) is 8.81. The summed E-state index contributed by atoms with van der Waals surface area (Å²) in [4.78, 5) is 13.0. The molecule has 1 aliphatic rings. The molecule has 0 aliphatic carbocycles. The SMILES string of the molecule is CCCCCCCCCCCCCC/C=C/[C@@H](O)[C@H](CO[C@@H]1O[C@H](CO)[C@@H](O)C(O)C1O)NC(=O)CCCCCCCCCCCCCCCCCCCCCCCCCCC. The fraction of sp³-hybridized carbons (Fsp3) is 0.943. The molecule has 0 aromatic carbocycles. The second kappa shape index (κ2) is 43.8. The summed E-state index contributed by atoms with van der Waals surface area (Å²) in [5, 5.41) is 54.3. The third kappa shape index (κ3) is 33.4. The molecule has 1 heterocycles. The van der Waals surface area contributed by atoms with E-state index in [2.05, 4.69) is 19.2 Å². The van der Waals surface area contributed by atoms with Gasteiger partial charge < -0.3 is 40.3 Å². The Morgan fingerprint density at radius 3 is 1.26 bits per heavy atom. The van der Waals surface area contributed by atoms with Gasteiger partial charge in [-0.05, 0) is 19.3 Å². The van der Waals surface area contributed by atoms with Gasteiger partial charge in [-0.2, -0.15) is 0 Å². The third-order valence-corrected chi connectivity index (χ3v) is 13.1. The van der Waals surface area contributed by atoms with Crippen LogP contribution in [0.3, 0.4) is 0 Å². The second-order valence-corrected chi connectivity index (χ2v) is 19.0. The Bertz CT molecular complexity index is 981. The van der Waals surface area contributed by atoms with Crippen LogP contribution in [0.5, 0.6) is 0 Å². The predicted molar refractivity (Wildman–Crippen MR) is 258 cm³/mol. The normalized spacial score (nSPS) is 20.3. The van der Waals surface area contributed by atoms with Gasteiger partial charge in [0.2, 0.25) is 5.91 Å². The molecular formula is C53H103NO8. The Balaban J connectivity index is 2.20. The number of ether oxygens (including phenoxy) is 2. The zero-order chi connectivity index (χ0) is 45.1. The van der Waals surface area contributed by atoms with Crippen LogP contribution in [0.25, 0.3) is 0 Å². The summed E-state index contributed by atoms with van der Waals surface area (Å²) in [6.07, 6.45) is 45.6. The number of allylic oxidation sites excluding steroid dienone is 1. The molecule has 1 saturated heterocycles. The average molecular weight is 882 g/mol. The number of rotatable bonds is 46. The van der Waals surface area contributed by atoms with Crippen molar-refractivity contribution < 1.29 is 39.8 Å². The third-order valence-electron chi connectivity index (χ3n) is 13.1. The summed E-state index contributed by atoms with van der Waals surface area (Å²) in [5.41, 5.74) is 0. The van der Waals surface area contributed by atoms with Crippen molar-refractivity contribution >= 4 is 5.91 Å². The molecule has 1 rings (SSSR count). The lowest BCUT2D eigenvalue weighted by atomic mass is 9.99. The zero-order valence-electron chi connectivity index (χ0n) is 40.6. The Morgan fingerprint density at radius 1 is 0.532 bits per heavy atom. The van der Waals surface area contributed by atoms with Crippen molar-refractivity contribution in [2.24, 2.45) is 0 Å². The summed E-state index contributed by atoms with van der Waals surface area (Å²) in [6, 6.07) is -0.799. The van der Waals surface area contributed by atoms with Crippen molar-refractivity contribution in [1.29, 1.82) is 0 Å². The molecule has 1 amide bonds. The quantitative estimate of drug-likeness (QED) is 0.0261. The highest BCUT2D eigenvalue weighted by Gasteiger charge is 2.44. The molecule has 1 fully saturated rings. The Morgan fingerprint density at radius 2 is 0.887 bits per heavy atom. The van der Waals surface area contributed by atoms with Gasteiger partial charge in [0.05, 0.1) is 25.4 Å². The number of amides is 1. The van der Waals surface area contributed by atoms with E-state index >= 15 is 0 Å². The minimum Gasteiger partial charge on any atom is -0.394 e. The highest BCUT2D eigenvalue weighted by atomic mass is 16.7. The van der Waals surface area contributed by atoms with E-state index in [9.17, 15) is 30.3 Å². The maximum atomic E-state index is 13.0. The van der Waals surface area contributed by atoms with Crippen molar-refractivity contribution in [2.75, 3.05) is 13.2 Å². The van der Waals surface area contributed by atoms with E-state index < -0.39 is 49.5 Å². The largest absolute Gasteiger partial charge is 0.394 e. The minimum atomic E-state index is -1.56. The summed E-state index contributed by atoms with van der Waals surface area (Å²) in [6.45, 7) is 3.80. The topological polar surface area (TPSA) is 149 Å². The maximum absolute atomic E-state index is 13.0. The van der Waals surface area contributed by atoms with Crippen molar-refractivity contribution in [3.05, 3.63) is 12.2 Å². The average Bonchev–Trinajstić information content (AvgIpc) is 3.27. The van der Waals surface area contributed by atoms with Gasteiger partial charge in [0, 0.05) is 6.42 Å². The first-order valence-corrected chi connectivity index (χ1v) is 26.9. The van der Waals surface area contributed by atoms with Crippen molar-refractivity contribution in [3.8, 4) is 0 Å². The van der Waals surface area contributed by atoms with Crippen LogP contribution >= 0.6 is 0 Å². The lowest BCUT2D eigenvalue weighted by molar-refractivity contribution is -0.302. The molecule has 0 radical (unpaired) electrons. The van der Waals surface area contributed by atoms with Gasteiger partial charge in [-0.3, -0.25) is 4.79 Å². The Hall–Kier alpha value is -1.07. The van der Waals surface area contributed by atoms with Crippen LogP contribution in [0.2, 0.25) is 0 Å². The number of nitrogens with one attached hydrogen (secondary N) is 1. The van der Waals surface area contributed by atoms with Crippen LogP contribution in [0, 0.1) is 0 Å². The Labute approximate surface area is 382 Å². The summed E-state index contributed by atoms with van der Waals surface area (Å²) in [5.74, 6) is -0.171. The van der Waals surface area contributed by atoms with Crippen LogP contribution < -0.4 is 5.32 Å². The molecule has 0 bridgehead atoms. The number of hydrogen-bond donors (Lipinski definition) is 6. The van der Waals surface area contributed by atoms with Gasteiger partial charge in [-0.1, -0.05) is 251 Å². The molecule has 9 nitrogen and oxygen atoms in total. The lowest BCUT2D eigenvalue weighted by Crippen LogP contribution is -2.60. The van der Waals surface area contributed by atoms with Gasteiger partial charge in [-0.15, -0.1) is 0 Å². The molecule has 62 heavy (non-hydrogen) atoms. The van der Waals surface area contributed by atoms with Gasteiger partial charge in [-0.25, -0.2) is 0 Å². The van der Waals surface area contributed by atoms with Crippen LogP contribution in [-0.4, -0.2) is 87.5 Å². The highest BCUT2D eigenvalue weighted by Crippen LogP contribution is 2.23. The van der Waals surface area contributed by atoms with Crippen LogP contribution in [0.15, 0.2) is 12.2 Å². The number of unbranched alkanes of at least 4 members (excludes halogenated alkanes) is 36. The molecule has 7 atom stereocenters. The maximum Gasteiger partial charge on any atom is 0.220 e. The van der Waals surface area contributed by atoms with E-state index in [1.165, 1.54) is 205 Å². The predicted octanol–water partition coefficient (Wildman–Crippen LogP) is 12.5. The summed E-state index contributed by atoms with van der Waals surface area (Å²) in [7, 11) is 0. The number of carbonyl (C=O) groups is 1. The smallest absolute Gasteiger partial charge is 0.220 e. The number of hydrogen-bond acceptors (Lipinski definition) is 8. The molecule has 2 unspecified atom stereocenters. The summed E-state index contributed by atoms with van der Waals surface area (Å²) >= 11 is 0. The second-order valence-electron chi connectivity index (χ2n) is 19.0. The molecular weight excluding hydrogens is 779 g/mol. The van der Waals surface area contributed by atoms with Gasteiger partial charge in [0.25, 0.3) is 0 Å². The van der Waals surface area contributed by atoms with Gasteiger partial charge in [0.15, 0.2) is 6.29 Å². The van der Waals surface area contributed by atoms with Crippen LogP contribution in [0.1, 0.15) is 264 Å². The van der Waals surface area contributed by atoms with Crippen LogP contribution in [0.4, 0.5) is 0 Å². The van der Waals surface area contributed by atoms with E-state index in [1.807, 2.05) is 6.08 Å². The number of carbonyl (C=O) groups excluding carboxylic acids is 1. The van der Waals surface area contributed by atoms with Gasteiger partial charge >= 0.3 is 0 Å². The van der Waals surface area contributed by atoms with Crippen molar-refractivity contribution in [3.63, 3.8) is 0 Å². The molecule has 368 valence electrons. The number of aliphatic hydroxyl groups is 5. The fourth-order valence-corrected chi connectivity index (χ4v) is 8.81.